The van der Waals surface area contributed by atoms with E-state index in [-0.39, 0.29) is 25.0 Å². The fraction of sp³-hybridized carbons (Fsp3) is 0.500. The summed E-state index contributed by atoms with van der Waals surface area (Å²) in [5.41, 5.74) is 1.01. The minimum atomic E-state index is -0.287. The molecule has 0 saturated heterocycles. The lowest BCUT2D eigenvalue weighted by molar-refractivity contribution is -0.140. The van der Waals surface area contributed by atoms with E-state index < -0.39 is 0 Å². The topological polar surface area (TPSA) is 84.7 Å². The van der Waals surface area contributed by atoms with Gasteiger partial charge in [-0.1, -0.05) is 54.8 Å². The van der Waals surface area contributed by atoms with E-state index in [1.54, 1.807) is 17.9 Å². The largest absolute Gasteiger partial charge is 0.367 e. The number of amides is 2. The molecule has 0 aliphatic heterocycles. The second-order valence-corrected chi connectivity index (χ2v) is 7.63. The van der Waals surface area contributed by atoms with Crippen molar-refractivity contribution in [1.29, 1.82) is 0 Å². The molecule has 0 atom stereocenters. The molecule has 0 radical (unpaired) electrons. The lowest BCUT2D eigenvalue weighted by atomic mass is 9.89. The molecule has 2 aromatic rings. The van der Waals surface area contributed by atoms with Gasteiger partial charge in [-0.2, -0.15) is 0 Å². The van der Waals surface area contributed by atoms with Crippen LogP contribution in [0, 0.1) is 12.8 Å². The predicted molar refractivity (Wildman–Crippen MR) is 109 cm³/mol. The molecular formula is C22H29N3O4. The quantitative estimate of drug-likeness (QED) is 0.697. The van der Waals surface area contributed by atoms with Crippen LogP contribution in [0.3, 0.4) is 0 Å². The molecule has 1 fully saturated rings. The number of carbonyl (C=O) groups excluding carboxylic acids is 2. The van der Waals surface area contributed by atoms with Gasteiger partial charge in [-0.25, -0.2) is 0 Å². The summed E-state index contributed by atoms with van der Waals surface area (Å²) >= 11 is 0. The summed E-state index contributed by atoms with van der Waals surface area (Å²) in [6.45, 7) is 2.65. The van der Waals surface area contributed by atoms with Crippen LogP contribution < -0.4 is 5.32 Å². The van der Waals surface area contributed by atoms with Gasteiger partial charge >= 0.3 is 0 Å². The maximum atomic E-state index is 12.8. The molecule has 0 unspecified atom stereocenters. The molecular weight excluding hydrogens is 370 g/mol. The number of nitrogens with one attached hydrogen (secondary N) is 1. The summed E-state index contributed by atoms with van der Waals surface area (Å²) in [4.78, 5) is 26.8. The average Bonchev–Trinajstić information content (AvgIpc) is 3.13. The van der Waals surface area contributed by atoms with Crippen molar-refractivity contribution in [3.8, 4) is 0 Å². The molecule has 1 aliphatic rings. The van der Waals surface area contributed by atoms with Crippen LogP contribution in [0.5, 0.6) is 0 Å². The highest BCUT2D eigenvalue weighted by molar-refractivity contribution is 5.94. The van der Waals surface area contributed by atoms with Crippen molar-refractivity contribution < 1.29 is 18.8 Å². The number of aromatic nitrogens is 1. The van der Waals surface area contributed by atoms with Crippen LogP contribution in [0.1, 0.15) is 43.4 Å². The van der Waals surface area contributed by atoms with Gasteiger partial charge in [0.25, 0.3) is 0 Å². The van der Waals surface area contributed by atoms with Gasteiger partial charge in [-0.3, -0.25) is 9.59 Å². The number of anilines is 1. The average molecular weight is 399 g/mol. The summed E-state index contributed by atoms with van der Waals surface area (Å²) in [5.74, 6) is 0.954. The van der Waals surface area contributed by atoms with Crippen molar-refractivity contribution in [2.24, 2.45) is 5.92 Å². The third-order valence-electron chi connectivity index (χ3n) is 5.12. The van der Waals surface area contributed by atoms with Crippen molar-refractivity contribution in [3.63, 3.8) is 0 Å². The Kier molecular flexibility index (Phi) is 7.81. The van der Waals surface area contributed by atoms with Gasteiger partial charge < -0.3 is 19.5 Å². The molecule has 1 aliphatic carbocycles. The number of rotatable bonds is 9. The van der Waals surface area contributed by atoms with Gasteiger partial charge in [-0.15, -0.1) is 0 Å². The van der Waals surface area contributed by atoms with E-state index in [1.165, 1.54) is 19.3 Å². The fourth-order valence-electron chi connectivity index (χ4n) is 3.64. The van der Waals surface area contributed by atoms with Crippen LogP contribution in [0.25, 0.3) is 0 Å². The molecule has 29 heavy (non-hydrogen) atoms. The van der Waals surface area contributed by atoms with Crippen LogP contribution in [-0.4, -0.2) is 41.6 Å². The Bertz CT molecular complexity index is 784. The van der Waals surface area contributed by atoms with Gasteiger partial charge in [-0.05, 0) is 31.2 Å². The maximum absolute atomic E-state index is 12.8. The fourth-order valence-corrected chi connectivity index (χ4v) is 3.64. The van der Waals surface area contributed by atoms with Crippen molar-refractivity contribution in [1.82, 2.24) is 10.1 Å². The molecule has 1 N–H and O–H groups in total. The second-order valence-electron chi connectivity index (χ2n) is 7.63. The number of hydrogen-bond donors (Lipinski definition) is 1. The molecule has 3 rings (SSSR count). The van der Waals surface area contributed by atoms with E-state index in [4.69, 9.17) is 9.26 Å². The number of nitrogens with zero attached hydrogens (tertiary/aromatic N) is 2. The first-order valence-electron chi connectivity index (χ1n) is 10.2. The lowest BCUT2D eigenvalue weighted by Gasteiger charge is -2.29. The Morgan fingerprint density at radius 1 is 1.21 bits per heavy atom. The molecule has 156 valence electrons. The number of aryl methyl sites for hydroxylation is 1. The smallest absolute Gasteiger partial charge is 0.249 e. The third kappa shape index (κ3) is 7.02. The van der Waals surface area contributed by atoms with Gasteiger partial charge in [0.05, 0.1) is 13.2 Å². The van der Waals surface area contributed by atoms with E-state index in [2.05, 4.69) is 10.5 Å². The number of carbonyl (C=O) groups is 2. The van der Waals surface area contributed by atoms with Crippen LogP contribution in [0.2, 0.25) is 0 Å². The second kappa shape index (κ2) is 10.8. The first-order valence-corrected chi connectivity index (χ1v) is 10.2. The molecule has 2 amide bonds. The van der Waals surface area contributed by atoms with Crippen molar-refractivity contribution >= 4 is 17.6 Å². The Labute approximate surface area is 171 Å². The Balaban J connectivity index is 1.55. The van der Waals surface area contributed by atoms with Crippen LogP contribution in [-0.2, 0) is 20.9 Å². The molecule has 1 heterocycles. The van der Waals surface area contributed by atoms with Gasteiger partial charge in [0, 0.05) is 12.6 Å². The summed E-state index contributed by atoms with van der Waals surface area (Å²) in [7, 11) is 0. The van der Waals surface area contributed by atoms with Crippen molar-refractivity contribution in [3.05, 3.63) is 47.7 Å². The van der Waals surface area contributed by atoms with E-state index in [9.17, 15) is 9.59 Å². The van der Waals surface area contributed by atoms with E-state index >= 15 is 0 Å². The molecule has 7 nitrogen and oxygen atoms in total. The maximum Gasteiger partial charge on any atom is 0.249 e. The zero-order valence-corrected chi connectivity index (χ0v) is 16.9. The van der Waals surface area contributed by atoms with Gasteiger partial charge in [0.2, 0.25) is 11.8 Å². The number of benzene rings is 1. The lowest BCUT2D eigenvalue weighted by Crippen LogP contribution is -2.43. The minimum absolute atomic E-state index is 0.0179. The van der Waals surface area contributed by atoms with Crippen molar-refractivity contribution in [2.45, 2.75) is 45.6 Å². The highest BCUT2D eigenvalue weighted by Gasteiger charge is 2.23. The van der Waals surface area contributed by atoms with Crippen LogP contribution in [0.4, 0.5) is 5.82 Å². The zero-order chi connectivity index (χ0) is 20.5. The molecule has 7 heteroatoms. The van der Waals surface area contributed by atoms with E-state index in [0.29, 0.717) is 30.6 Å². The molecule has 1 aromatic carbocycles. The molecule has 1 saturated carbocycles. The summed E-state index contributed by atoms with van der Waals surface area (Å²) in [5, 5.41) is 6.46. The van der Waals surface area contributed by atoms with E-state index in [0.717, 1.165) is 18.4 Å². The van der Waals surface area contributed by atoms with Crippen LogP contribution >= 0.6 is 0 Å². The highest BCUT2D eigenvalue weighted by atomic mass is 16.5. The standard InChI is InChI=1S/C22H29N3O4/c1-17-12-20(24-29-17)23-21(26)14-25(13-18-8-4-2-5-9-18)22(27)16-28-15-19-10-6-3-7-11-19/h3,6-7,10-12,18H,2,4-5,8-9,13-16H2,1H3,(H,23,24,26). The summed E-state index contributed by atoms with van der Waals surface area (Å²) in [6, 6.07) is 11.4. The zero-order valence-electron chi connectivity index (χ0n) is 16.9. The first kappa shape index (κ1) is 21.0. The first-order chi connectivity index (χ1) is 14.1. The Morgan fingerprint density at radius 2 is 1.97 bits per heavy atom. The van der Waals surface area contributed by atoms with Crippen LogP contribution in [0.15, 0.2) is 40.9 Å². The monoisotopic (exact) mass is 399 g/mol. The molecule has 0 bridgehead atoms. The number of hydrogen-bond acceptors (Lipinski definition) is 5. The normalized spacial score (nSPS) is 14.5. The minimum Gasteiger partial charge on any atom is -0.367 e. The Morgan fingerprint density at radius 3 is 2.66 bits per heavy atom. The third-order valence-corrected chi connectivity index (χ3v) is 5.12. The van der Waals surface area contributed by atoms with Gasteiger partial charge in [0.15, 0.2) is 5.82 Å². The predicted octanol–water partition coefficient (Wildman–Crippen LogP) is 3.55. The number of ether oxygens (including phenoxy) is 1. The SMILES string of the molecule is Cc1cc(NC(=O)CN(CC2CCCCC2)C(=O)COCc2ccccc2)no1. The molecule has 0 spiro atoms. The van der Waals surface area contributed by atoms with Crippen molar-refractivity contribution in [2.75, 3.05) is 25.0 Å². The summed E-state index contributed by atoms with van der Waals surface area (Å²) in [6.07, 6.45) is 5.80. The summed E-state index contributed by atoms with van der Waals surface area (Å²) < 4.78 is 10.6. The Hall–Kier alpha value is -2.67. The van der Waals surface area contributed by atoms with E-state index in [1.807, 2.05) is 30.3 Å². The molecule has 1 aromatic heterocycles. The van der Waals surface area contributed by atoms with Gasteiger partial charge in [0.1, 0.15) is 12.4 Å². The highest BCUT2D eigenvalue weighted by Crippen LogP contribution is 2.24.